The van der Waals surface area contributed by atoms with Crippen LogP contribution in [-0.4, -0.2) is 30.5 Å². The Labute approximate surface area is 94.8 Å². The lowest BCUT2D eigenvalue weighted by atomic mass is 9.91. The van der Waals surface area contributed by atoms with Crippen LogP contribution in [0.2, 0.25) is 0 Å². The normalized spacial score (nSPS) is 24.3. The average Bonchev–Trinajstić information content (AvgIpc) is 2.67. The van der Waals surface area contributed by atoms with E-state index in [2.05, 4.69) is 10.8 Å². The number of nitrogens with one attached hydrogen (secondary N) is 2. The van der Waals surface area contributed by atoms with Crippen LogP contribution in [-0.2, 0) is 14.4 Å². The third kappa shape index (κ3) is 3.18. The van der Waals surface area contributed by atoms with E-state index in [4.69, 9.17) is 10.6 Å². The van der Waals surface area contributed by atoms with Gasteiger partial charge in [0.15, 0.2) is 6.61 Å². The molecule has 0 spiro atoms. The molecule has 16 heavy (non-hydrogen) atoms. The van der Waals surface area contributed by atoms with Crippen LogP contribution in [0, 0.1) is 0 Å². The zero-order valence-electron chi connectivity index (χ0n) is 9.54. The lowest BCUT2D eigenvalue weighted by Gasteiger charge is -2.27. The van der Waals surface area contributed by atoms with Crippen molar-refractivity contribution in [2.45, 2.75) is 38.1 Å². The summed E-state index contributed by atoms with van der Waals surface area (Å²) in [7, 11) is 0. The van der Waals surface area contributed by atoms with E-state index in [1.54, 1.807) is 0 Å². The molecule has 6 nitrogen and oxygen atoms in total. The highest BCUT2D eigenvalue weighted by Gasteiger charge is 2.40. The van der Waals surface area contributed by atoms with Gasteiger partial charge >= 0.3 is 0 Å². The van der Waals surface area contributed by atoms with Crippen molar-refractivity contribution < 1.29 is 14.4 Å². The molecule has 0 aromatic heterocycles. The lowest BCUT2D eigenvalue weighted by Crippen LogP contribution is -2.53. The number of carbonyl (C=O) groups is 2. The molecule has 1 heterocycles. The molecular formula is C10H19N3O3. The van der Waals surface area contributed by atoms with Gasteiger partial charge in [0.05, 0.1) is 0 Å². The Bertz CT molecular complexity index is 262. The summed E-state index contributed by atoms with van der Waals surface area (Å²) in [5.74, 6) is -0.822. The maximum Gasteiger partial charge on any atom is 0.263 e. The minimum atomic E-state index is -0.607. The topological polar surface area (TPSA) is 93.4 Å². The number of hydrogen-bond donors (Lipinski definition) is 3. The van der Waals surface area contributed by atoms with E-state index in [9.17, 15) is 9.59 Å². The molecule has 92 valence electrons. The molecule has 1 aliphatic rings. The average molecular weight is 229 g/mol. The predicted octanol–water partition coefficient (Wildman–Crippen LogP) is -0.558. The van der Waals surface area contributed by atoms with E-state index in [1.165, 1.54) is 0 Å². The zero-order valence-corrected chi connectivity index (χ0v) is 9.54. The smallest absolute Gasteiger partial charge is 0.263 e. The number of hydroxylamine groups is 1. The van der Waals surface area contributed by atoms with Gasteiger partial charge in [0, 0.05) is 0 Å². The van der Waals surface area contributed by atoms with Crippen molar-refractivity contribution in [1.29, 1.82) is 0 Å². The van der Waals surface area contributed by atoms with E-state index >= 15 is 0 Å². The van der Waals surface area contributed by atoms with E-state index in [0.717, 1.165) is 32.2 Å². The number of amides is 2. The van der Waals surface area contributed by atoms with Gasteiger partial charge in [0.1, 0.15) is 5.54 Å². The summed E-state index contributed by atoms with van der Waals surface area (Å²) in [4.78, 5) is 27.1. The molecule has 2 amide bonds. The highest BCUT2D eigenvalue weighted by atomic mass is 16.7. The first kappa shape index (κ1) is 12.9. The van der Waals surface area contributed by atoms with Gasteiger partial charge < -0.3 is 11.1 Å². The predicted molar refractivity (Wildman–Crippen MR) is 58.2 cm³/mol. The second kappa shape index (κ2) is 5.81. The molecule has 0 aromatic rings. The number of carbonyl (C=O) groups excluding carboxylic acids is 2. The van der Waals surface area contributed by atoms with Crippen LogP contribution in [0.1, 0.15) is 32.6 Å². The molecule has 4 N–H and O–H groups in total. The summed E-state index contributed by atoms with van der Waals surface area (Å²) < 4.78 is 0. The fourth-order valence-electron chi connectivity index (χ4n) is 2.02. The van der Waals surface area contributed by atoms with Crippen LogP contribution in [0.15, 0.2) is 0 Å². The molecule has 0 bridgehead atoms. The molecule has 1 saturated heterocycles. The van der Waals surface area contributed by atoms with Crippen molar-refractivity contribution in [3.63, 3.8) is 0 Å². The van der Waals surface area contributed by atoms with Gasteiger partial charge in [0.25, 0.3) is 5.91 Å². The van der Waals surface area contributed by atoms with E-state index in [-0.39, 0.29) is 12.5 Å². The van der Waals surface area contributed by atoms with Gasteiger partial charge in [0.2, 0.25) is 5.91 Å². The number of rotatable bonds is 6. The van der Waals surface area contributed by atoms with Crippen molar-refractivity contribution in [2.24, 2.45) is 5.73 Å². The molecule has 6 heteroatoms. The third-order valence-corrected chi connectivity index (χ3v) is 2.73. The fraction of sp³-hybridized carbons (Fsp3) is 0.800. The quantitative estimate of drug-likeness (QED) is 0.532. The third-order valence-electron chi connectivity index (χ3n) is 2.73. The van der Waals surface area contributed by atoms with Gasteiger partial charge in [-0.1, -0.05) is 13.3 Å². The Balaban J connectivity index is 2.45. The molecule has 0 saturated carbocycles. The van der Waals surface area contributed by atoms with Gasteiger partial charge in [-0.25, -0.2) is 5.48 Å². The summed E-state index contributed by atoms with van der Waals surface area (Å²) in [6.07, 6.45) is 3.45. The Hall–Kier alpha value is -1.14. The first-order valence-corrected chi connectivity index (χ1v) is 5.56. The number of primary amides is 1. The summed E-state index contributed by atoms with van der Waals surface area (Å²) in [5.41, 5.74) is 6.64. The summed E-state index contributed by atoms with van der Waals surface area (Å²) in [6, 6.07) is 0. The van der Waals surface area contributed by atoms with Crippen molar-refractivity contribution in [3.8, 4) is 0 Å². The van der Waals surface area contributed by atoms with Crippen LogP contribution < -0.4 is 16.5 Å². The van der Waals surface area contributed by atoms with Crippen LogP contribution in [0.3, 0.4) is 0 Å². The second-order valence-corrected chi connectivity index (χ2v) is 4.05. The van der Waals surface area contributed by atoms with Crippen molar-refractivity contribution >= 4 is 11.8 Å². The number of nitrogens with two attached hydrogens (primary N) is 1. The first-order chi connectivity index (χ1) is 7.60. The molecule has 0 aliphatic carbocycles. The second-order valence-electron chi connectivity index (χ2n) is 4.05. The molecule has 1 rings (SSSR count). The Morgan fingerprint density at radius 1 is 1.56 bits per heavy atom. The standard InChI is InChI=1S/C10H19N3O3/c1-2-4-10(5-3-6-12-10)9(15)13-16-7-8(11)14/h12H,2-7H2,1H3,(H2,11,14)(H,13,15). The highest BCUT2D eigenvalue weighted by Crippen LogP contribution is 2.24. The summed E-state index contributed by atoms with van der Waals surface area (Å²) >= 11 is 0. The van der Waals surface area contributed by atoms with Crippen LogP contribution in [0.5, 0.6) is 0 Å². The van der Waals surface area contributed by atoms with Gasteiger partial charge in [-0.2, -0.15) is 0 Å². The molecule has 1 unspecified atom stereocenters. The van der Waals surface area contributed by atoms with Gasteiger partial charge in [-0.05, 0) is 25.8 Å². The Kier molecular flexibility index (Phi) is 4.70. The van der Waals surface area contributed by atoms with Crippen LogP contribution >= 0.6 is 0 Å². The Morgan fingerprint density at radius 2 is 2.31 bits per heavy atom. The fourth-order valence-corrected chi connectivity index (χ4v) is 2.02. The minimum Gasteiger partial charge on any atom is -0.368 e. The van der Waals surface area contributed by atoms with E-state index in [1.807, 2.05) is 6.92 Å². The van der Waals surface area contributed by atoms with Crippen molar-refractivity contribution in [3.05, 3.63) is 0 Å². The minimum absolute atomic E-state index is 0.215. The summed E-state index contributed by atoms with van der Waals surface area (Å²) in [6.45, 7) is 2.57. The van der Waals surface area contributed by atoms with Crippen LogP contribution in [0.4, 0.5) is 0 Å². The van der Waals surface area contributed by atoms with E-state index < -0.39 is 11.4 Å². The van der Waals surface area contributed by atoms with E-state index in [0.29, 0.717) is 0 Å². The first-order valence-electron chi connectivity index (χ1n) is 5.56. The summed E-state index contributed by atoms with van der Waals surface area (Å²) in [5, 5.41) is 3.20. The molecule has 1 fully saturated rings. The molecule has 1 atom stereocenters. The Morgan fingerprint density at radius 3 is 2.81 bits per heavy atom. The highest BCUT2D eigenvalue weighted by molar-refractivity contribution is 5.86. The maximum absolute atomic E-state index is 11.9. The van der Waals surface area contributed by atoms with Crippen LogP contribution in [0.25, 0.3) is 0 Å². The van der Waals surface area contributed by atoms with Crippen molar-refractivity contribution in [1.82, 2.24) is 10.8 Å². The largest absolute Gasteiger partial charge is 0.368 e. The SMILES string of the molecule is CCCC1(C(=O)NOCC(N)=O)CCCN1. The molecular weight excluding hydrogens is 210 g/mol. The lowest BCUT2D eigenvalue weighted by molar-refractivity contribution is -0.143. The van der Waals surface area contributed by atoms with Gasteiger partial charge in [-0.3, -0.25) is 14.4 Å². The maximum atomic E-state index is 11.9. The van der Waals surface area contributed by atoms with Gasteiger partial charge in [-0.15, -0.1) is 0 Å². The molecule has 0 aromatic carbocycles. The zero-order chi connectivity index (χ0) is 12.0. The molecule has 1 aliphatic heterocycles. The number of hydrogen-bond acceptors (Lipinski definition) is 4. The van der Waals surface area contributed by atoms with Crippen molar-refractivity contribution in [2.75, 3.05) is 13.2 Å². The molecule has 0 radical (unpaired) electrons. The monoisotopic (exact) mass is 229 g/mol.